The van der Waals surface area contributed by atoms with Gasteiger partial charge < -0.3 is 10.5 Å². The molecule has 16 heavy (non-hydrogen) atoms. The molecule has 0 unspecified atom stereocenters. The molecule has 1 aromatic rings. The van der Waals surface area contributed by atoms with Gasteiger partial charge >= 0.3 is 0 Å². The molecular weight excluding hydrogens is 198 g/mol. The maximum absolute atomic E-state index is 5.75. The molecule has 2 nitrogen and oxygen atoms in total. The quantitative estimate of drug-likeness (QED) is 0.768. The first-order valence-corrected chi connectivity index (χ1v) is 6.21. The molecule has 0 spiro atoms. The molecule has 0 heterocycles. The van der Waals surface area contributed by atoms with Crippen molar-refractivity contribution in [3.63, 3.8) is 0 Å². The van der Waals surface area contributed by atoms with E-state index in [4.69, 9.17) is 10.5 Å². The number of hydrogen-bond acceptors (Lipinski definition) is 2. The van der Waals surface area contributed by atoms with Crippen LogP contribution in [0.4, 0.5) is 0 Å². The van der Waals surface area contributed by atoms with Crippen LogP contribution in [0.15, 0.2) is 24.3 Å². The second-order valence-corrected chi connectivity index (χ2v) is 4.18. The normalized spacial score (nSPS) is 10.8. The second-order valence-electron chi connectivity index (χ2n) is 4.18. The largest absolute Gasteiger partial charge is 0.493 e. The summed E-state index contributed by atoms with van der Waals surface area (Å²) in [6.07, 6.45) is 3.30. The monoisotopic (exact) mass is 221 g/mol. The van der Waals surface area contributed by atoms with Crippen molar-refractivity contribution in [2.75, 3.05) is 13.2 Å². The van der Waals surface area contributed by atoms with Crippen LogP contribution in [0.25, 0.3) is 0 Å². The van der Waals surface area contributed by atoms with E-state index in [2.05, 4.69) is 26.0 Å². The highest BCUT2D eigenvalue weighted by molar-refractivity contribution is 5.27. The van der Waals surface area contributed by atoms with Crippen molar-refractivity contribution in [2.45, 2.75) is 33.1 Å². The van der Waals surface area contributed by atoms with E-state index in [1.165, 1.54) is 18.4 Å². The van der Waals surface area contributed by atoms with Crippen LogP contribution in [-0.2, 0) is 6.42 Å². The lowest BCUT2D eigenvalue weighted by Crippen LogP contribution is -2.10. The van der Waals surface area contributed by atoms with Crippen molar-refractivity contribution in [2.24, 2.45) is 11.7 Å². The molecule has 0 radical (unpaired) electrons. The van der Waals surface area contributed by atoms with Gasteiger partial charge in [-0.3, -0.25) is 0 Å². The fraction of sp³-hybridized carbons (Fsp3) is 0.571. The molecule has 0 fully saturated rings. The van der Waals surface area contributed by atoms with Crippen LogP contribution >= 0.6 is 0 Å². The van der Waals surface area contributed by atoms with E-state index in [9.17, 15) is 0 Å². The van der Waals surface area contributed by atoms with Gasteiger partial charge in [0.25, 0.3) is 0 Å². The minimum absolute atomic E-state index is 0.670. The first-order valence-electron chi connectivity index (χ1n) is 6.21. The Hall–Kier alpha value is -1.02. The first-order chi connectivity index (χ1) is 7.80. The Labute approximate surface area is 98.8 Å². The molecule has 0 aromatic heterocycles. The average molecular weight is 221 g/mol. The summed E-state index contributed by atoms with van der Waals surface area (Å²) in [6, 6.07) is 8.25. The topological polar surface area (TPSA) is 35.2 Å². The van der Waals surface area contributed by atoms with E-state index in [1.807, 2.05) is 12.1 Å². The Morgan fingerprint density at radius 2 is 1.75 bits per heavy atom. The lowest BCUT2D eigenvalue weighted by atomic mass is 10.1. The van der Waals surface area contributed by atoms with Crippen molar-refractivity contribution in [3.05, 3.63) is 29.8 Å². The number of benzene rings is 1. The van der Waals surface area contributed by atoms with Crippen LogP contribution in [-0.4, -0.2) is 13.2 Å². The van der Waals surface area contributed by atoms with Crippen molar-refractivity contribution >= 4 is 0 Å². The van der Waals surface area contributed by atoms with Crippen molar-refractivity contribution in [1.29, 1.82) is 0 Å². The smallest absolute Gasteiger partial charge is 0.119 e. The molecule has 1 rings (SSSR count). The molecule has 1 aromatic carbocycles. The minimum atomic E-state index is 0.670. The molecule has 0 saturated heterocycles. The Kier molecular flexibility index (Phi) is 5.94. The maximum atomic E-state index is 5.75. The summed E-state index contributed by atoms with van der Waals surface area (Å²) in [5, 5.41) is 0. The fourth-order valence-corrected chi connectivity index (χ4v) is 1.66. The van der Waals surface area contributed by atoms with E-state index in [-0.39, 0.29) is 0 Å². The van der Waals surface area contributed by atoms with Gasteiger partial charge in [0.1, 0.15) is 5.75 Å². The van der Waals surface area contributed by atoms with Crippen LogP contribution in [0.1, 0.15) is 32.3 Å². The standard InChI is InChI=1S/C14H23NO/c1-3-12(4-2)11-16-14-7-5-13(6-8-14)9-10-15/h5-8,12H,3-4,9-11,15H2,1-2H3. The van der Waals surface area contributed by atoms with E-state index in [0.29, 0.717) is 12.5 Å². The third-order valence-electron chi connectivity index (χ3n) is 3.00. The van der Waals surface area contributed by atoms with Gasteiger partial charge in [0.15, 0.2) is 0 Å². The van der Waals surface area contributed by atoms with Crippen molar-refractivity contribution in [3.8, 4) is 5.75 Å². The molecule has 0 saturated carbocycles. The Morgan fingerprint density at radius 3 is 2.25 bits per heavy atom. The SMILES string of the molecule is CCC(CC)COc1ccc(CCN)cc1. The summed E-state index contributed by atoms with van der Waals surface area (Å²) < 4.78 is 5.75. The van der Waals surface area contributed by atoms with Crippen molar-refractivity contribution < 1.29 is 4.74 Å². The predicted octanol–water partition coefficient (Wildman–Crippen LogP) is 3.00. The predicted molar refractivity (Wildman–Crippen MR) is 68.8 cm³/mol. The van der Waals surface area contributed by atoms with E-state index in [1.54, 1.807) is 0 Å². The van der Waals surface area contributed by atoms with E-state index >= 15 is 0 Å². The third kappa shape index (κ3) is 4.23. The molecular formula is C14H23NO. The number of hydrogen-bond donors (Lipinski definition) is 1. The van der Waals surface area contributed by atoms with Gasteiger partial charge in [-0.1, -0.05) is 38.8 Å². The van der Waals surface area contributed by atoms with Gasteiger partial charge in [-0.25, -0.2) is 0 Å². The summed E-state index contributed by atoms with van der Waals surface area (Å²) in [6.45, 7) is 5.95. The summed E-state index contributed by atoms with van der Waals surface area (Å²) in [5.41, 5.74) is 6.78. The summed E-state index contributed by atoms with van der Waals surface area (Å²) in [7, 11) is 0. The Balaban J connectivity index is 2.42. The highest BCUT2D eigenvalue weighted by Crippen LogP contribution is 2.15. The van der Waals surface area contributed by atoms with Gasteiger partial charge in [-0.2, -0.15) is 0 Å². The Bertz CT molecular complexity index is 277. The van der Waals surface area contributed by atoms with Gasteiger partial charge in [-0.05, 0) is 36.6 Å². The van der Waals surface area contributed by atoms with Crippen LogP contribution in [0.5, 0.6) is 5.75 Å². The van der Waals surface area contributed by atoms with Gasteiger partial charge in [0.05, 0.1) is 6.61 Å². The maximum Gasteiger partial charge on any atom is 0.119 e. The number of rotatable bonds is 7. The van der Waals surface area contributed by atoms with Gasteiger partial charge in [0, 0.05) is 0 Å². The molecule has 2 heteroatoms. The zero-order valence-corrected chi connectivity index (χ0v) is 10.4. The first kappa shape index (κ1) is 13.0. The molecule has 0 amide bonds. The summed E-state index contributed by atoms with van der Waals surface area (Å²) >= 11 is 0. The van der Waals surface area contributed by atoms with E-state index < -0.39 is 0 Å². The Morgan fingerprint density at radius 1 is 1.12 bits per heavy atom. The van der Waals surface area contributed by atoms with Crippen LogP contribution < -0.4 is 10.5 Å². The van der Waals surface area contributed by atoms with Crippen LogP contribution in [0, 0.1) is 5.92 Å². The molecule has 0 bridgehead atoms. The number of ether oxygens (including phenoxy) is 1. The summed E-state index contributed by atoms with van der Waals surface area (Å²) in [4.78, 5) is 0. The molecule has 0 aliphatic carbocycles. The zero-order chi connectivity index (χ0) is 11.8. The second kappa shape index (κ2) is 7.29. The van der Waals surface area contributed by atoms with Crippen LogP contribution in [0.3, 0.4) is 0 Å². The molecule has 2 N–H and O–H groups in total. The van der Waals surface area contributed by atoms with E-state index in [0.717, 1.165) is 18.8 Å². The minimum Gasteiger partial charge on any atom is -0.493 e. The third-order valence-corrected chi connectivity index (χ3v) is 3.00. The van der Waals surface area contributed by atoms with Gasteiger partial charge in [-0.15, -0.1) is 0 Å². The highest BCUT2D eigenvalue weighted by Gasteiger charge is 2.04. The van der Waals surface area contributed by atoms with Gasteiger partial charge in [0.2, 0.25) is 0 Å². The number of nitrogens with two attached hydrogens (primary N) is 1. The average Bonchev–Trinajstić information content (AvgIpc) is 2.33. The molecule has 0 atom stereocenters. The van der Waals surface area contributed by atoms with Crippen molar-refractivity contribution in [1.82, 2.24) is 0 Å². The molecule has 0 aliphatic heterocycles. The molecule has 0 aliphatic rings. The highest BCUT2D eigenvalue weighted by atomic mass is 16.5. The lowest BCUT2D eigenvalue weighted by Gasteiger charge is -2.13. The molecule has 90 valence electrons. The fourth-order valence-electron chi connectivity index (χ4n) is 1.66. The summed E-state index contributed by atoms with van der Waals surface area (Å²) in [5.74, 6) is 1.64. The van der Waals surface area contributed by atoms with Crippen LogP contribution in [0.2, 0.25) is 0 Å². The lowest BCUT2D eigenvalue weighted by molar-refractivity contribution is 0.240. The zero-order valence-electron chi connectivity index (χ0n) is 10.4.